The molecule has 5 aromatic heterocycles. The number of fused-ring (bicyclic) bond motifs is 3. The minimum absolute atomic E-state index is 0.253. The molecule has 0 bridgehead atoms. The van der Waals surface area contributed by atoms with Crippen molar-refractivity contribution in [2.75, 3.05) is 54.9 Å². The van der Waals surface area contributed by atoms with E-state index in [4.69, 9.17) is 18.9 Å². The van der Waals surface area contributed by atoms with Gasteiger partial charge in [0.1, 0.15) is 11.6 Å². The Bertz CT molecular complexity index is 2780. The Balaban J connectivity index is 1.33. The van der Waals surface area contributed by atoms with E-state index in [1.165, 1.54) is 73.3 Å². The highest BCUT2D eigenvalue weighted by Crippen LogP contribution is 2.50. The lowest BCUT2D eigenvalue weighted by molar-refractivity contribution is -0.132. The van der Waals surface area contributed by atoms with E-state index in [9.17, 15) is 15.2 Å². The minimum atomic E-state index is -1.21. The summed E-state index contributed by atoms with van der Waals surface area (Å²) in [7, 11) is 7.02. The molecule has 0 unspecified atom stereocenters. The third-order valence-electron chi connectivity index (χ3n) is 12.1. The van der Waals surface area contributed by atoms with E-state index >= 15 is 0 Å². The van der Waals surface area contributed by atoms with Crippen molar-refractivity contribution in [1.82, 2.24) is 4.57 Å². The van der Waals surface area contributed by atoms with Crippen molar-refractivity contribution in [3.05, 3.63) is 99.4 Å². The largest absolute Gasteiger partial charge is 0.477 e. The van der Waals surface area contributed by atoms with Crippen molar-refractivity contribution in [3.63, 3.8) is 0 Å². The van der Waals surface area contributed by atoms with Gasteiger partial charge in [-0.3, -0.25) is 0 Å². The Labute approximate surface area is 406 Å². The predicted octanol–water partition coefficient (Wildman–Crippen LogP) is 14.6. The number of carbonyl (C=O) groups is 1. The summed E-state index contributed by atoms with van der Waals surface area (Å²) < 4.78 is 24.1. The molecule has 0 saturated carbocycles. The van der Waals surface area contributed by atoms with Crippen LogP contribution in [0.4, 0.5) is 0 Å². The third kappa shape index (κ3) is 11.8. The number of aryl methyl sites for hydroxylation is 5. The van der Waals surface area contributed by atoms with Gasteiger partial charge in [0.15, 0.2) is 0 Å². The molecule has 0 aliphatic carbocycles. The fraction of sp³-hybridized carbons (Fsp3) is 0.407. The van der Waals surface area contributed by atoms with Crippen LogP contribution in [-0.2, 0) is 56.0 Å². The van der Waals surface area contributed by atoms with Crippen LogP contribution >= 0.6 is 45.3 Å². The molecule has 5 heterocycles. The zero-order valence-electron chi connectivity index (χ0n) is 39.0. The maximum Gasteiger partial charge on any atom is 0.346 e. The first-order chi connectivity index (χ1) is 32.3. The zero-order chi connectivity index (χ0) is 46.4. The summed E-state index contributed by atoms with van der Waals surface area (Å²) >= 11 is 7.27. The lowest BCUT2D eigenvalue weighted by atomic mass is 10.0. The summed E-state index contributed by atoms with van der Waals surface area (Å²) in [4.78, 5) is 21.7. The number of methoxy groups -OCH3 is 4. The minimum Gasteiger partial charge on any atom is -0.477 e. The Morgan fingerprint density at radius 2 is 1.05 bits per heavy atom. The summed E-state index contributed by atoms with van der Waals surface area (Å²) in [6, 6.07) is 27.2. The van der Waals surface area contributed by atoms with Crippen molar-refractivity contribution in [1.29, 1.82) is 5.26 Å². The molecule has 0 fully saturated rings. The smallest absolute Gasteiger partial charge is 0.346 e. The Morgan fingerprint density at radius 3 is 1.55 bits per heavy atom. The molecule has 1 N–H and O–H groups in total. The SMILES string of the molecule is CCn1c2ccccc2c2cc(-c3cc(CCCCOC)c(-c4cc(CCCCOC)c(-c5cc(CCCCOC)c(-c6cc(CCCCOC)c(/C=C(/C#N)C(=O)O)s6)s5)s4)s3)ccc21. The van der Waals surface area contributed by atoms with E-state index in [1.807, 2.05) is 40.1 Å². The van der Waals surface area contributed by atoms with Crippen LogP contribution in [-0.4, -0.2) is 70.5 Å². The molecule has 12 heteroatoms. The quantitative estimate of drug-likeness (QED) is 0.0311. The van der Waals surface area contributed by atoms with Crippen molar-refractivity contribution in [3.8, 4) is 45.8 Å². The van der Waals surface area contributed by atoms with Crippen molar-refractivity contribution >= 4 is 79.2 Å². The number of benzene rings is 2. The fourth-order valence-corrected chi connectivity index (χ4v) is 14.0. The number of aromatic nitrogens is 1. The highest BCUT2D eigenvalue weighted by molar-refractivity contribution is 7.29. The number of aliphatic carboxylic acids is 1. The Kier molecular flexibility index (Phi) is 18.4. The van der Waals surface area contributed by atoms with Gasteiger partial charge in [-0.05, 0) is 160 Å². The molecule has 0 aliphatic heterocycles. The fourth-order valence-electron chi connectivity index (χ4n) is 8.78. The van der Waals surface area contributed by atoms with E-state index < -0.39 is 5.97 Å². The predicted molar refractivity (Wildman–Crippen MR) is 279 cm³/mol. The second-order valence-corrected chi connectivity index (χ2v) is 20.9. The molecule has 0 atom stereocenters. The van der Waals surface area contributed by atoms with Gasteiger partial charge in [0, 0.05) is 122 Å². The number of rotatable bonds is 27. The number of hydrogen-bond acceptors (Lipinski definition) is 10. The number of carboxylic acid groups (broad SMARTS) is 1. The average Bonchev–Trinajstić information content (AvgIpc) is 4.17. The zero-order valence-corrected chi connectivity index (χ0v) is 42.2. The Hall–Kier alpha value is -4.42. The number of unbranched alkanes of at least 4 members (excludes halogenated alkanes) is 4. The monoisotopic (exact) mass is 962 g/mol. The second kappa shape index (κ2) is 24.6. The highest BCUT2D eigenvalue weighted by Gasteiger charge is 2.23. The van der Waals surface area contributed by atoms with Gasteiger partial charge in [-0.1, -0.05) is 24.3 Å². The van der Waals surface area contributed by atoms with Gasteiger partial charge in [-0.15, -0.1) is 45.3 Å². The van der Waals surface area contributed by atoms with Gasteiger partial charge in [-0.2, -0.15) is 5.26 Å². The molecule has 0 aliphatic rings. The van der Waals surface area contributed by atoms with Gasteiger partial charge < -0.3 is 28.6 Å². The molecule has 66 heavy (non-hydrogen) atoms. The summed E-state index contributed by atoms with van der Waals surface area (Å²) in [5.41, 5.74) is 8.67. The lowest BCUT2D eigenvalue weighted by Gasteiger charge is -2.03. The van der Waals surface area contributed by atoms with E-state index in [0.717, 1.165) is 112 Å². The first-order valence-electron chi connectivity index (χ1n) is 23.2. The summed E-state index contributed by atoms with van der Waals surface area (Å²) in [5, 5.41) is 22.1. The van der Waals surface area contributed by atoms with Gasteiger partial charge in [0.05, 0.1) is 0 Å². The first kappa shape index (κ1) is 49.5. The Morgan fingerprint density at radius 1 is 0.591 bits per heavy atom. The molecule has 0 amide bonds. The first-order valence-corrected chi connectivity index (χ1v) is 26.4. The molecular formula is C54H62N2O6S4. The summed E-state index contributed by atoms with van der Waals surface area (Å²) in [6.07, 6.45) is 13.0. The summed E-state index contributed by atoms with van der Waals surface area (Å²) in [6.45, 7) is 6.01. The summed E-state index contributed by atoms with van der Waals surface area (Å²) in [5.74, 6) is -1.21. The third-order valence-corrected chi connectivity index (χ3v) is 17.4. The number of nitrogens with zero attached hydrogens (tertiary/aromatic N) is 2. The number of para-hydroxylation sites is 1. The van der Waals surface area contributed by atoms with Crippen LogP contribution in [0.3, 0.4) is 0 Å². The molecule has 0 saturated heterocycles. The van der Waals surface area contributed by atoms with Gasteiger partial charge in [0.2, 0.25) is 0 Å². The van der Waals surface area contributed by atoms with Crippen LogP contribution in [0.1, 0.15) is 85.4 Å². The van der Waals surface area contributed by atoms with Crippen LogP contribution < -0.4 is 0 Å². The number of ether oxygens (including phenoxy) is 4. The van der Waals surface area contributed by atoms with Crippen LogP contribution in [0, 0.1) is 11.3 Å². The average molecular weight is 963 g/mol. The molecule has 0 radical (unpaired) electrons. The van der Waals surface area contributed by atoms with Gasteiger partial charge >= 0.3 is 5.97 Å². The molecular weight excluding hydrogens is 901 g/mol. The van der Waals surface area contributed by atoms with Crippen LogP contribution in [0.5, 0.6) is 0 Å². The van der Waals surface area contributed by atoms with Crippen molar-refractivity contribution < 1.29 is 28.8 Å². The number of nitriles is 1. The molecule has 8 nitrogen and oxygen atoms in total. The normalized spacial score (nSPS) is 12.0. The molecule has 0 spiro atoms. The molecule has 7 rings (SSSR count). The maximum absolute atomic E-state index is 12.0. The number of hydrogen-bond donors (Lipinski definition) is 1. The molecule has 2 aromatic carbocycles. The van der Waals surface area contributed by atoms with Crippen molar-refractivity contribution in [2.45, 2.75) is 90.5 Å². The number of thiophene rings is 4. The van der Waals surface area contributed by atoms with Crippen molar-refractivity contribution in [2.24, 2.45) is 0 Å². The van der Waals surface area contributed by atoms with E-state index in [0.29, 0.717) is 13.2 Å². The van der Waals surface area contributed by atoms with E-state index in [-0.39, 0.29) is 5.57 Å². The molecule has 7 aromatic rings. The molecule has 348 valence electrons. The standard InChI is InChI=1S/C54H62N2O6S4/c1-6-56-44-22-8-7-21-42(44)43-29-37(23-24-45(43)56)47-31-38(18-10-14-26-60-3)52(64-47)49-33-40(20-12-16-28-62-5)53(66-49)50-32-39(19-11-15-27-61-4)51(65-50)48-30-36(17-9-13-25-59-2)46(63-48)34-41(35-55)54(57)58/h7-8,21-24,29-34H,6,9-20,25-28H2,1-5H3,(H,57,58)/b41-34-. The van der Waals surface area contributed by atoms with Crippen LogP contribution in [0.2, 0.25) is 0 Å². The van der Waals surface area contributed by atoms with E-state index in [2.05, 4.69) is 78.2 Å². The lowest BCUT2D eigenvalue weighted by Crippen LogP contribution is -1.97. The van der Waals surface area contributed by atoms with E-state index in [1.54, 1.807) is 45.9 Å². The second-order valence-electron chi connectivity index (χ2n) is 16.7. The maximum atomic E-state index is 12.0. The number of carboxylic acids is 1. The van der Waals surface area contributed by atoms with Gasteiger partial charge in [0.25, 0.3) is 0 Å². The van der Waals surface area contributed by atoms with Crippen LogP contribution in [0.25, 0.3) is 67.6 Å². The van der Waals surface area contributed by atoms with Crippen LogP contribution in [0.15, 0.2) is 72.3 Å². The topological polar surface area (TPSA) is 103 Å². The highest BCUT2D eigenvalue weighted by atomic mass is 32.1. The van der Waals surface area contributed by atoms with Gasteiger partial charge in [-0.25, -0.2) is 4.79 Å².